The van der Waals surface area contributed by atoms with E-state index in [4.69, 9.17) is 0 Å². The van der Waals surface area contributed by atoms with Crippen molar-refractivity contribution in [3.8, 4) is 11.8 Å². The highest BCUT2D eigenvalue weighted by atomic mass is 32.2. The van der Waals surface area contributed by atoms with E-state index < -0.39 is 0 Å². The summed E-state index contributed by atoms with van der Waals surface area (Å²) >= 11 is 1.33. The lowest BCUT2D eigenvalue weighted by atomic mass is 10.2. The molecular formula is C23H21N5OS. The van der Waals surface area contributed by atoms with Gasteiger partial charge in [-0.05, 0) is 30.7 Å². The molecule has 2 aromatic carbocycles. The predicted octanol–water partition coefficient (Wildman–Crippen LogP) is 4.16. The van der Waals surface area contributed by atoms with Gasteiger partial charge in [0, 0.05) is 26.5 Å². The number of aromatic nitrogens is 2. The number of hydrogen-bond donors (Lipinski definition) is 0. The number of carbonyl (C=O) groups excluding carboxylic acids is 1. The lowest BCUT2D eigenvalue weighted by Crippen LogP contribution is -2.26. The van der Waals surface area contributed by atoms with Gasteiger partial charge in [0.25, 0.3) is 0 Å². The summed E-state index contributed by atoms with van der Waals surface area (Å²) in [7, 11) is 3.75. The molecule has 0 fully saturated rings. The van der Waals surface area contributed by atoms with Crippen molar-refractivity contribution in [1.82, 2.24) is 9.55 Å². The number of aryl methyl sites for hydroxylation is 1. The van der Waals surface area contributed by atoms with Gasteiger partial charge in [0.05, 0.1) is 22.8 Å². The lowest BCUT2D eigenvalue weighted by Gasteiger charge is -2.19. The van der Waals surface area contributed by atoms with Crippen LogP contribution in [0.3, 0.4) is 0 Å². The first-order chi connectivity index (χ1) is 14.5. The first kappa shape index (κ1) is 19.8. The number of anilines is 2. The number of carbonyl (C=O) groups is 1. The van der Waals surface area contributed by atoms with Gasteiger partial charge in [-0.2, -0.15) is 5.26 Å². The van der Waals surface area contributed by atoms with Crippen LogP contribution in [0.5, 0.6) is 0 Å². The minimum atomic E-state index is -0.219. The number of nitriles is 1. The average Bonchev–Trinajstić information content (AvgIpc) is 3.32. The Hall–Kier alpha value is -3.50. The van der Waals surface area contributed by atoms with Gasteiger partial charge in [0.2, 0.25) is 0 Å². The highest BCUT2D eigenvalue weighted by molar-refractivity contribution is 7.99. The predicted molar refractivity (Wildman–Crippen MR) is 120 cm³/mol. The Bertz CT molecular complexity index is 1160. The zero-order valence-electron chi connectivity index (χ0n) is 17.0. The molecule has 0 radical (unpaired) electrons. The monoisotopic (exact) mass is 415 g/mol. The van der Waals surface area contributed by atoms with Gasteiger partial charge >= 0.3 is 0 Å². The van der Waals surface area contributed by atoms with Crippen LogP contribution in [0.4, 0.5) is 11.4 Å². The molecule has 0 bridgehead atoms. The number of fused-ring (bicyclic) bond motifs is 1. The van der Waals surface area contributed by atoms with Crippen LogP contribution in [0.2, 0.25) is 0 Å². The van der Waals surface area contributed by atoms with Crippen LogP contribution >= 0.6 is 11.8 Å². The van der Waals surface area contributed by atoms with Gasteiger partial charge in [-0.3, -0.25) is 9.36 Å². The van der Waals surface area contributed by atoms with Gasteiger partial charge in [-0.15, -0.1) is 0 Å². The first-order valence-corrected chi connectivity index (χ1v) is 10.5. The Morgan fingerprint density at radius 2 is 1.63 bits per heavy atom. The summed E-state index contributed by atoms with van der Waals surface area (Å²) in [5.74, 6) is 0.516. The van der Waals surface area contributed by atoms with Gasteiger partial charge < -0.3 is 9.80 Å². The number of nitrogens with zero attached hydrogens (tertiary/aromatic N) is 5. The molecule has 6 nitrogen and oxygen atoms in total. The van der Waals surface area contributed by atoms with Crippen molar-refractivity contribution < 1.29 is 4.79 Å². The van der Waals surface area contributed by atoms with E-state index in [1.165, 1.54) is 11.8 Å². The Morgan fingerprint density at radius 3 is 2.23 bits per heavy atom. The Labute approximate surface area is 180 Å². The second-order valence-electron chi connectivity index (χ2n) is 7.00. The molecule has 150 valence electrons. The van der Waals surface area contributed by atoms with Crippen molar-refractivity contribution in [2.75, 3.05) is 29.6 Å². The summed E-state index contributed by atoms with van der Waals surface area (Å²) in [4.78, 5) is 21.2. The summed E-state index contributed by atoms with van der Waals surface area (Å²) < 4.78 is 1.97. The molecule has 0 unspecified atom stereocenters. The molecule has 3 aromatic rings. The number of allylic oxidation sites excluding steroid dienone is 1. The van der Waals surface area contributed by atoms with Crippen molar-refractivity contribution >= 4 is 28.9 Å². The van der Waals surface area contributed by atoms with Gasteiger partial charge in [-0.1, -0.05) is 42.1 Å². The van der Waals surface area contributed by atoms with Crippen molar-refractivity contribution in [3.05, 3.63) is 77.9 Å². The van der Waals surface area contributed by atoms with E-state index in [0.29, 0.717) is 5.82 Å². The summed E-state index contributed by atoms with van der Waals surface area (Å²) in [6, 6.07) is 18.0. The van der Waals surface area contributed by atoms with E-state index in [1.807, 2.05) is 90.1 Å². The molecule has 2 heterocycles. The van der Waals surface area contributed by atoms with E-state index in [2.05, 4.69) is 11.1 Å². The molecule has 1 aliphatic heterocycles. The molecule has 30 heavy (non-hydrogen) atoms. The van der Waals surface area contributed by atoms with Crippen molar-refractivity contribution in [2.24, 2.45) is 0 Å². The van der Waals surface area contributed by atoms with Crippen LogP contribution in [0.1, 0.15) is 5.56 Å². The number of rotatable bonds is 5. The van der Waals surface area contributed by atoms with Crippen LogP contribution < -0.4 is 9.80 Å². The zero-order chi connectivity index (χ0) is 21.3. The fraction of sp³-hybridized carbons (Fsp3) is 0.174. The fourth-order valence-corrected chi connectivity index (χ4v) is 4.51. The van der Waals surface area contributed by atoms with Gasteiger partial charge in [0.1, 0.15) is 17.5 Å². The molecule has 7 heteroatoms. The molecular weight excluding hydrogens is 394 g/mol. The molecule has 0 N–H and O–H groups in total. The molecule has 1 aromatic heterocycles. The third-order valence-electron chi connectivity index (χ3n) is 5.17. The van der Waals surface area contributed by atoms with Crippen molar-refractivity contribution in [1.29, 1.82) is 5.26 Å². The highest BCUT2D eigenvalue weighted by Gasteiger charge is 2.31. The second kappa shape index (κ2) is 8.09. The molecule has 0 saturated heterocycles. The number of Topliss-reactive ketones (excluding diaryl/α,β-unsaturated/α-hetero) is 1. The minimum absolute atomic E-state index is 0.132. The van der Waals surface area contributed by atoms with Crippen LogP contribution in [-0.4, -0.2) is 35.2 Å². The molecule has 0 atom stereocenters. The largest absolute Gasteiger partial charge is 0.328 e. The van der Waals surface area contributed by atoms with E-state index in [0.717, 1.165) is 27.8 Å². The molecule has 0 saturated carbocycles. The Balaban J connectivity index is 1.58. The van der Waals surface area contributed by atoms with Crippen molar-refractivity contribution in [3.63, 3.8) is 0 Å². The van der Waals surface area contributed by atoms with Crippen LogP contribution in [0.25, 0.3) is 5.69 Å². The lowest BCUT2D eigenvalue weighted by molar-refractivity contribution is -0.112. The number of thioether (sulfide) groups is 1. The topological polar surface area (TPSA) is 65.2 Å². The van der Waals surface area contributed by atoms with Crippen LogP contribution in [-0.2, 0) is 4.79 Å². The maximum atomic E-state index is 13.0. The van der Waals surface area contributed by atoms with Crippen LogP contribution in [0, 0.1) is 18.3 Å². The summed E-state index contributed by atoms with van der Waals surface area (Å²) in [6.07, 6.45) is 3.60. The maximum Gasteiger partial charge on any atom is 0.187 e. The average molecular weight is 416 g/mol. The summed E-state index contributed by atoms with van der Waals surface area (Å²) in [6.45, 7) is 2.04. The minimum Gasteiger partial charge on any atom is -0.328 e. The Kier molecular flexibility index (Phi) is 5.34. The number of hydrogen-bond acceptors (Lipinski definition) is 6. The molecule has 0 spiro atoms. The third-order valence-corrected chi connectivity index (χ3v) is 6.14. The van der Waals surface area contributed by atoms with Crippen LogP contribution in [0.15, 0.2) is 77.5 Å². The number of ketones is 1. The van der Waals surface area contributed by atoms with E-state index >= 15 is 0 Å². The standard InChI is InChI=1S/C23H21N5OS/c1-16-8-4-5-9-18(16)28-13-12-25-23(28)30-15-21(29)17(14-24)22-26(2)19-10-6-7-11-20(19)27(22)3/h4-13H,15H2,1-3H3. The van der Waals surface area contributed by atoms with E-state index in [-0.39, 0.29) is 17.1 Å². The highest BCUT2D eigenvalue weighted by Crippen LogP contribution is 2.40. The summed E-state index contributed by atoms with van der Waals surface area (Å²) in [5.41, 5.74) is 4.24. The second-order valence-corrected chi connectivity index (χ2v) is 7.94. The van der Waals surface area contributed by atoms with Crippen molar-refractivity contribution in [2.45, 2.75) is 12.1 Å². The molecule has 4 rings (SSSR count). The summed E-state index contributed by atoms with van der Waals surface area (Å²) in [5, 5.41) is 10.5. The Morgan fingerprint density at radius 1 is 1.03 bits per heavy atom. The molecule has 0 amide bonds. The number of imidazole rings is 1. The molecule has 1 aliphatic rings. The number of para-hydroxylation sites is 3. The smallest absolute Gasteiger partial charge is 0.187 e. The number of benzene rings is 2. The zero-order valence-corrected chi connectivity index (χ0v) is 17.8. The maximum absolute atomic E-state index is 13.0. The first-order valence-electron chi connectivity index (χ1n) is 9.49. The van der Waals surface area contributed by atoms with Gasteiger partial charge in [-0.25, -0.2) is 4.98 Å². The molecule has 0 aliphatic carbocycles. The van der Waals surface area contributed by atoms with Gasteiger partial charge in [0.15, 0.2) is 10.9 Å². The normalized spacial score (nSPS) is 12.7. The quantitative estimate of drug-likeness (QED) is 0.354. The van der Waals surface area contributed by atoms with E-state index in [9.17, 15) is 10.1 Å². The van der Waals surface area contributed by atoms with E-state index in [1.54, 1.807) is 6.20 Å². The SMILES string of the molecule is Cc1ccccc1-n1ccnc1SCC(=O)C(C#N)=C1N(C)c2ccccc2N1C. The third kappa shape index (κ3) is 3.36. The fourth-order valence-electron chi connectivity index (χ4n) is 3.67.